The summed E-state index contributed by atoms with van der Waals surface area (Å²) >= 11 is 0. The molecule has 3 heterocycles. The minimum Gasteiger partial charge on any atom is -0.481 e. The molecule has 0 saturated heterocycles. The molecule has 1 N–H and O–H groups in total. The molecule has 21 heavy (non-hydrogen) atoms. The molecule has 0 saturated carbocycles. The predicted octanol–water partition coefficient (Wildman–Crippen LogP) is 2.58. The number of rotatable bonds is 2. The second-order valence-electron chi connectivity index (χ2n) is 4.63. The van der Waals surface area contributed by atoms with Crippen molar-refractivity contribution in [1.29, 1.82) is 0 Å². The van der Waals surface area contributed by atoms with Gasteiger partial charge in [-0.3, -0.25) is 0 Å². The number of hydrogen-bond acceptors (Lipinski definition) is 5. The summed E-state index contributed by atoms with van der Waals surface area (Å²) in [6, 6.07) is 11.9. The first-order valence-electron chi connectivity index (χ1n) is 6.46. The fourth-order valence-corrected chi connectivity index (χ4v) is 2.35. The van der Waals surface area contributed by atoms with E-state index in [9.17, 15) is 0 Å². The maximum Gasteiger partial charge on any atom is 0.221 e. The maximum absolute atomic E-state index is 5.42. The minimum absolute atomic E-state index is 0.568. The topological polar surface area (TPSA) is 76.6 Å². The van der Waals surface area contributed by atoms with Crippen molar-refractivity contribution in [1.82, 2.24) is 25.4 Å². The van der Waals surface area contributed by atoms with Gasteiger partial charge in [0.05, 0.1) is 12.6 Å². The fraction of sp³-hybridized carbons (Fsp3) is 0.0667. The molecule has 0 radical (unpaired) electrons. The predicted molar refractivity (Wildman–Crippen MR) is 79.0 cm³/mol. The Morgan fingerprint density at radius 2 is 1.95 bits per heavy atom. The van der Waals surface area contributed by atoms with E-state index in [4.69, 9.17) is 4.74 Å². The van der Waals surface area contributed by atoms with Crippen molar-refractivity contribution in [3.05, 3.63) is 42.6 Å². The highest BCUT2D eigenvalue weighted by Gasteiger charge is 2.11. The second-order valence-corrected chi connectivity index (χ2v) is 4.63. The number of aromatic nitrogens is 5. The van der Waals surface area contributed by atoms with Crippen LogP contribution in [0.4, 0.5) is 0 Å². The van der Waals surface area contributed by atoms with Crippen LogP contribution in [0.15, 0.2) is 42.6 Å². The third-order valence-corrected chi connectivity index (χ3v) is 3.37. The Labute approximate surface area is 119 Å². The standard InChI is InChI=1S/C15H11N5O/c1-21-15-11(6-9-4-2-3-5-12(9)17-15)10-7-13-14(16-8-10)19-20-18-13/h2-8H,1H3,(H,16,18,19,20). The Kier molecular flexibility index (Phi) is 2.53. The van der Waals surface area contributed by atoms with Gasteiger partial charge in [-0.05, 0) is 18.2 Å². The number of aromatic amines is 1. The number of ether oxygens (including phenoxy) is 1. The van der Waals surface area contributed by atoms with Gasteiger partial charge in [0.2, 0.25) is 11.5 Å². The summed E-state index contributed by atoms with van der Waals surface area (Å²) in [5.74, 6) is 0.568. The summed E-state index contributed by atoms with van der Waals surface area (Å²) in [6.07, 6.45) is 1.75. The Morgan fingerprint density at radius 1 is 1.05 bits per heavy atom. The quantitative estimate of drug-likeness (QED) is 0.609. The maximum atomic E-state index is 5.42. The molecule has 0 spiro atoms. The Hall–Kier alpha value is -3.02. The van der Waals surface area contributed by atoms with Crippen LogP contribution in [0.3, 0.4) is 0 Å². The highest BCUT2D eigenvalue weighted by Crippen LogP contribution is 2.31. The van der Waals surface area contributed by atoms with Gasteiger partial charge in [0, 0.05) is 22.7 Å². The van der Waals surface area contributed by atoms with Crippen LogP contribution in [0.1, 0.15) is 0 Å². The van der Waals surface area contributed by atoms with E-state index < -0.39 is 0 Å². The van der Waals surface area contributed by atoms with Gasteiger partial charge in [-0.15, -0.1) is 5.10 Å². The highest BCUT2D eigenvalue weighted by molar-refractivity contribution is 5.87. The number of nitrogens with one attached hydrogen (secondary N) is 1. The minimum atomic E-state index is 0.568. The van der Waals surface area contributed by atoms with Crippen LogP contribution in [0, 0.1) is 0 Å². The molecular formula is C15H11N5O. The number of methoxy groups -OCH3 is 1. The first kappa shape index (κ1) is 11.8. The number of para-hydroxylation sites is 1. The van der Waals surface area contributed by atoms with Crippen molar-refractivity contribution >= 4 is 22.1 Å². The van der Waals surface area contributed by atoms with Gasteiger partial charge < -0.3 is 4.74 Å². The molecule has 6 nitrogen and oxygen atoms in total. The Morgan fingerprint density at radius 3 is 2.86 bits per heavy atom. The number of benzene rings is 1. The summed E-state index contributed by atoms with van der Waals surface area (Å²) in [5.41, 5.74) is 3.97. The van der Waals surface area contributed by atoms with E-state index in [0.717, 1.165) is 22.0 Å². The lowest BCUT2D eigenvalue weighted by molar-refractivity contribution is 0.401. The average molecular weight is 277 g/mol. The van der Waals surface area contributed by atoms with Crippen LogP contribution < -0.4 is 4.74 Å². The van der Waals surface area contributed by atoms with E-state index in [1.54, 1.807) is 13.3 Å². The SMILES string of the molecule is COc1nc2ccccc2cc1-c1cnc2n[nH]nc2c1. The number of pyridine rings is 2. The molecule has 3 aromatic heterocycles. The smallest absolute Gasteiger partial charge is 0.221 e. The molecule has 0 aliphatic rings. The normalized spacial score (nSPS) is 11.1. The lowest BCUT2D eigenvalue weighted by Gasteiger charge is -2.09. The van der Waals surface area contributed by atoms with Crippen molar-refractivity contribution in [2.45, 2.75) is 0 Å². The molecule has 1 aromatic carbocycles. The second kappa shape index (κ2) is 4.52. The lowest BCUT2D eigenvalue weighted by Crippen LogP contribution is -1.93. The molecule has 0 atom stereocenters. The monoisotopic (exact) mass is 277 g/mol. The Balaban J connectivity index is 1.98. The van der Waals surface area contributed by atoms with Gasteiger partial charge in [0.15, 0.2) is 0 Å². The van der Waals surface area contributed by atoms with E-state index in [2.05, 4.69) is 25.4 Å². The first-order chi connectivity index (χ1) is 10.3. The van der Waals surface area contributed by atoms with Gasteiger partial charge >= 0.3 is 0 Å². The van der Waals surface area contributed by atoms with Crippen LogP contribution in [0.2, 0.25) is 0 Å². The van der Waals surface area contributed by atoms with Crippen LogP contribution in [0.25, 0.3) is 33.2 Å². The van der Waals surface area contributed by atoms with Crippen molar-refractivity contribution in [2.24, 2.45) is 0 Å². The Bertz CT molecular complexity index is 947. The molecule has 0 fully saturated rings. The van der Waals surface area contributed by atoms with E-state index >= 15 is 0 Å². The third-order valence-electron chi connectivity index (χ3n) is 3.37. The lowest BCUT2D eigenvalue weighted by atomic mass is 10.1. The van der Waals surface area contributed by atoms with Crippen LogP contribution in [0.5, 0.6) is 5.88 Å². The van der Waals surface area contributed by atoms with Crippen molar-refractivity contribution < 1.29 is 4.74 Å². The van der Waals surface area contributed by atoms with Gasteiger partial charge in [0.25, 0.3) is 0 Å². The van der Waals surface area contributed by atoms with Gasteiger partial charge in [0.1, 0.15) is 5.52 Å². The summed E-state index contributed by atoms with van der Waals surface area (Å²) in [5, 5.41) is 11.6. The summed E-state index contributed by atoms with van der Waals surface area (Å²) < 4.78 is 5.42. The van der Waals surface area contributed by atoms with E-state index in [0.29, 0.717) is 17.0 Å². The van der Waals surface area contributed by atoms with Crippen LogP contribution in [-0.2, 0) is 0 Å². The first-order valence-corrected chi connectivity index (χ1v) is 6.46. The molecule has 4 rings (SSSR count). The molecular weight excluding hydrogens is 266 g/mol. The molecule has 0 amide bonds. The zero-order valence-electron chi connectivity index (χ0n) is 11.2. The zero-order chi connectivity index (χ0) is 14.2. The highest BCUT2D eigenvalue weighted by atomic mass is 16.5. The number of hydrogen-bond donors (Lipinski definition) is 1. The number of H-pyrrole nitrogens is 1. The average Bonchev–Trinajstić information content (AvgIpc) is 3.01. The molecule has 0 aliphatic heterocycles. The fourth-order valence-electron chi connectivity index (χ4n) is 2.35. The van der Waals surface area contributed by atoms with Gasteiger partial charge in [-0.1, -0.05) is 18.2 Å². The van der Waals surface area contributed by atoms with E-state index in [1.165, 1.54) is 0 Å². The van der Waals surface area contributed by atoms with Gasteiger partial charge in [-0.25, -0.2) is 9.97 Å². The largest absolute Gasteiger partial charge is 0.481 e. The number of nitrogens with zero attached hydrogens (tertiary/aromatic N) is 4. The molecule has 0 aliphatic carbocycles. The summed E-state index contributed by atoms with van der Waals surface area (Å²) in [7, 11) is 1.61. The molecule has 102 valence electrons. The molecule has 0 bridgehead atoms. The van der Waals surface area contributed by atoms with E-state index in [1.807, 2.05) is 36.4 Å². The van der Waals surface area contributed by atoms with E-state index in [-0.39, 0.29) is 0 Å². The van der Waals surface area contributed by atoms with Crippen molar-refractivity contribution in [3.63, 3.8) is 0 Å². The number of fused-ring (bicyclic) bond motifs is 2. The molecule has 0 unspecified atom stereocenters. The van der Waals surface area contributed by atoms with Crippen LogP contribution in [-0.4, -0.2) is 32.5 Å². The summed E-state index contributed by atoms with van der Waals surface area (Å²) in [6.45, 7) is 0. The third kappa shape index (κ3) is 1.88. The van der Waals surface area contributed by atoms with Crippen molar-refractivity contribution in [3.8, 4) is 17.0 Å². The molecule has 6 heteroatoms. The van der Waals surface area contributed by atoms with Gasteiger partial charge in [-0.2, -0.15) is 10.3 Å². The van der Waals surface area contributed by atoms with Crippen molar-refractivity contribution in [2.75, 3.05) is 7.11 Å². The summed E-state index contributed by atoms with van der Waals surface area (Å²) in [4.78, 5) is 8.83. The zero-order valence-corrected chi connectivity index (χ0v) is 11.2. The van der Waals surface area contributed by atoms with Crippen LogP contribution >= 0.6 is 0 Å². The molecule has 4 aromatic rings.